The van der Waals surface area contributed by atoms with Crippen LogP contribution in [0, 0.1) is 0 Å². The van der Waals surface area contributed by atoms with E-state index in [1.54, 1.807) is 18.5 Å². The summed E-state index contributed by atoms with van der Waals surface area (Å²) in [6.07, 6.45) is 7.83. The number of carbonyl (C=O) groups excluding carboxylic acids is 1. The monoisotopic (exact) mass is 362 g/mol. The molecule has 0 aliphatic rings. The van der Waals surface area contributed by atoms with E-state index in [9.17, 15) is 4.79 Å². The Morgan fingerprint density at radius 2 is 2.00 bits per heavy atom. The lowest BCUT2D eigenvalue weighted by Gasteiger charge is -2.04. The predicted molar refractivity (Wildman–Crippen MR) is 76.5 cm³/mol. The first-order valence-corrected chi connectivity index (χ1v) is 7.60. The highest BCUT2D eigenvalue weighted by Gasteiger charge is 2.04. The van der Waals surface area contributed by atoms with Crippen LogP contribution in [0.5, 0.6) is 0 Å². The summed E-state index contributed by atoms with van der Waals surface area (Å²) < 4.78 is 0.822. The van der Waals surface area contributed by atoms with E-state index in [1.165, 1.54) is 12.8 Å². The van der Waals surface area contributed by atoms with Crippen LogP contribution in [0.2, 0.25) is 0 Å². The highest BCUT2D eigenvalue weighted by atomic mass is 79.9. The Morgan fingerprint density at radius 1 is 1.24 bits per heavy atom. The Morgan fingerprint density at radius 3 is 2.71 bits per heavy atom. The molecule has 0 aromatic carbocycles. The molecule has 0 aliphatic carbocycles. The van der Waals surface area contributed by atoms with Crippen molar-refractivity contribution < 1.29 is 4.79 Å². The molecule has 0 fully saturated rings. The maximum atomic E-state index is 11.7. The molecule has 1 aromatic heterocycles. The SMILES string of the molecule is O=C(NCCCCCCBr)c1cncc(Br)c1. The van der Waals surface area contributed by atoms with Gasteiger partial charge in [0.25, 0.3) is 5.91 Å². The Bertz CT molecular complexity index is 358. The summed E-state index contributed by atoms with van der Waals surface area (Å²) in [6, 6.07) is 1.77. The number of carbonyl (C=O) groups is 1. The number of rotatable bonds is 7. The van der Waals surface area contributed by atoms with Gasteiger partial charge in [-0.15, -0.1) is 0 Å². The molecular formula is C12H16Br2N2O. The van der Waals surface area contributed by atoms with E-state index in [2.05, 4.69) is 42.2 Å². The van der Waals surface area contributed by atoms with Gasteiger partial charge in [0.2, 0.25) is 0 Å². The zero-order chi connectivity index (χ0) is 12.5. The fraction of sp³-hybridized carbons (Fsp3) is 0.500. The van der Waals surface area contributed by atoms with E-state index in [4.69, 9.17) is 0 Å². The number of hydrogen-bond acceptors (Lipinski definition) is 2. The lowest BCUT2D eigenvalue weighted by atomic mass is 10.2. The number of aromatic nitrogens is 1. The number of unbranched alkanes of at least 4 members (excludes halogenated alkanes) is 3. The molecule has 0 unspecified atom stereocenters. The molecule has 0 atom stereocenters. The van der Waals surface area contributed by atoms with E-state index in [0.717, 1.165) is 29.2 Å². The van der Waals surface area contributed by atoms with Crippen molar-refractivity contribution in [2.75, 3.05) is 11.9 Å². The minimum absolute atomic E-state index is 0.0562. The molecule has 0 spiro atoms. The summed E-state index contributed by atoms with van der Waals surface area (Å²) >= 11 is 6.69. The number of halogens is 2. The van der Waals surface area contributed by atoms with Gasteiger partial charge in [0, 0.05) is 28.7 Å². The van der Waals surface area contributed by atoms with Gasteiger partial charge in [0.15, 0.2) is 0 Å². The van der Waals surface area contributed by atoms with Crippen LogP contribution < -0.4 is 5.32 Å². The minimum Gasteiger partial charge on any atom is -0.352 e. The maximum absolute atomic E-state index is 11.7. The van der Waals surface area contributed by atoms with Crippen LogP contribution in [0.25, 0.3) is 0 Å². The van der Waals surface area contributed by atoms with Crippen molar-refractivity contribution in [1.29, 1.82) is 0 Å². The molecule has 1 aromatic rings. The minimum atomic E-state index is -0.0562. The van der Waals surface area contributed by atoms with E-state index >= 15 is 0 Å². The Hall–Kier alpha value is -0.420. The average Bonchev–Trinajstić information content (AvgIpc) is 2.33. The van der Waals surface area contributed by atoms with E-state index in [1.807, 2.05) is 0 Å². The lowest BCUT2D eigenvalue weighted by Crippen LogP contribution is -2.24. The van der Waals surface area contributed by atoms with E-state index in [-0.39, 0.29) is 5.91 Å². The smallest absolute Gasteiger partial charge is 0.252 e. The molecule has 1 N–H and O–H groups in total. The summed E-state index contributed by atoms with van der Waals surface area (Å²) in [5.41, 5.74) is 0.597. The zero-order valence-corrected chi connectivity index (χ0v) is 12.8. The van der Waals surface area contributed by atoms with Crippen molar-refractivity contribution in [1.82, 2.24) is 10.3 Å². The van der Waals surface area contributed by atoms with Gasteiger partial charge in [-0.05, 0) is 34.8 Å². The molecule has 0 saturated carbocycles. The van der Waals surface area contributed by atoms with Gasteiger partial charge in [-0.3, -0.25) is 9.78 Å². The Balaban J connectivity index is 2.21. The molecule has 1 rings (SSSR count). The van der Waals surface area contributed by atoms with E-state index in [0.29, 0.717) is 5.56 Å². The predicted octanol–water partition coefficient (Wildman–Crippen LogP) is 3.53. The molecule has 0 saturated heterocycles. The summed E-state index contributed by atoms with van der Waals surface area (Å²) in [6.45, 7) is 0.730. The molecule has 3 nitrogen and oxygen atoms in total. The highest BCUT2D eigenvalue weighted by Crippen LogP contribution is 2.09. The van der Waals surface area contributed by atoms with Crippen molar-refractivity contribution in [3.63, 3.8) is 0 Å². The number of hydrogen-bond donors (Lipinski definition) is 1. The highest BCUT2D eigenvalue weighted by molar-refractivity contribution is 9.10. The van der Waals surface area contributed by atoms with E-state index < -0.39 is 0 Å². The third kappa shape index (κ3) is 6.17. The largest absolute Gasteiger partial charge is 0.352 e. The molecule has 94 valence electrons. The van der Waals surface area contributed by atoms with Gasteiger partial charge < -0.3 is 5.32 Å². The van der Waals surface area contributed by atoms with Gasteiger partial charge in [0.1, 0.15) is 0 Å². The van der Waals surface area contributed by atoms with Crippen molar-refractivity contribution in [2.24, 2.45) is 0 Å². The number of nitrogens with zero attached hydrogens (tertiary/aromatic N) is 1. The van der Waals surface area contributed by atoms with Crippen molar-refractivity contribution in [3.05, 3.63) is 28.5 Å². The Kier molecular flexibility index (Phi) is 7.44. The first-order chi connectivity index (χ1) is 8.24. The summed E-state index contributed by atoms with van der Waals surface area (Å²) in [5.74, 6) is -0.0562. The molecule has 1 heterocycles. The third-order valence-electron chi connectivity index (χ3n) is 2.31. The molecule has 0 aliphatic heterocycles. The second-order valence-corrected chi connectivity index (χ2v) is 5.46. The Labute approximate surface area is 119 Å². The molecular weight excluding hydrogens is 348 g/mol. The van der Waals surface area contributed by atoms with Gasteiger partial charge in [-0.25, -0.2) is 0 Å². The van der Waals surface area contributed by atoms with Crippen LogP contribution in [-0.2, 0) is 0 Å². The quantitative estimate of drug-likeness (QED) is 0.594. The number of amides is 1. The van der Waals surface area contributed by atoms with Crippen molar-refractivity contribution in [3.8, 4) is 0 Å². The second kappa shape index (κ2) is 8.64. The maximum Gasteiger partial charge on any atom is 0.252 e. The molecule has 0 radical (unpaired) electrons. The number of pyridine rings is 1. The molecule has 17 heavy (non-hydrogen) atoms. The van der Waals surface area contributed by atoms with Gasteiger partial charge in [-0.1, -0.05) is 28.8 Å². The fourth-order valence-electron chi connectivity index (χ4n) is 1.41. The van der Waals surface area contributed by atoms with Gasteiger partial charge in [-0.2, -0.15) is 0 Å². The van der Waals surface area contributed by atoms with Gasteiger partial charge >= 0.3 is 0 Å². The number of nitrogens with one attached hydrogen (secondary N) is 1. The van der Waals surface area contributed by atoms with Crippen LogP contribution in [0.15, 0.2) is 22.9 Å². The summed E-state index contributed by atoms with van der Waals surface area (Å²) in [7, 11) is 0. The summed E-state index contributed by atoms with van der Waals surface area (Å²) in [5, 5.41) is 3.95. The lowest BCUT2D eigenvalue weighted by molar-refractivity contribution is 0.0952. The van der Waals surface area contributed by atoms with Gasteiger partial charge in [0.05, 0.1) is 5.56 Å². The molecule has 0 bridgehead atoms. The number of alkyl halides is 1. The van der Waals surface area contributed by atoms with Crippen LogP contribution in [-0.4, -0.2) is 22.8 Å². The molecule has 1 amide bonds. The third-order valence-corrected chi connectivity index (χ3v) is 3.31. The average molecular weight is 364 g/mol. The van der Waals surface area contributed by atoms with Crippen molar-refractivity contribution in [2.45, 2.75) is 25.7 Å². The van der Waals surface area contributed by atoms with Crippen LogP contribution >= 0.6 is 31.9 Å². The standard InChI is InChI=1S/C12H16Br2N2O/c13-5-3-1-2-4-6-16-12(17)10-7-11(14)9-15-8-10/h7-9H,1-6H2,(H,16,17). The first-order valence-electron chi connectivity index (χ1n) is 5.69. The summed E-state index contributed by atoms with van der Waals surface area (Å²) in [4.78, 5) is 15.7. The zero-order valence-electron chi connectivity index (χ0n) is 9.59. The second-order valence-electron chi connectivity index (χ2n) is 3.75. The molecule has 5 heteroatoms. The topological polar surface area (TPSA) is 42.0 Å². The van der Waals surface area contributed by atoms with Crippen LogP contribution in [0.4, 0.5) is 0 Å². The first kappa shape index (κ1) is 14.6. The normalized spacial score (nSPS) is 10.2. The van der Waals surface area contributed by atoms with Crippen LogP contribution in [0.1, 0.15) is 36.0 Å². The fourth-order valence-corrected chi connectivity index (χ4v) is 2.17. The van der Waals surface area contributed by atoms with Crippen LogP contribution in [0.3, 0.4) is 0 Å². The van der Waals surface area contributed by atoms with Crippen molar-refractivity contribution >= 4 is 37.8 Å².